The van der Waals surface area contributed by atoms with Gasteiger partial charge in [-0.15, -0.1) is 142 Å². The zero-order valence-electron chi connectivity index (χ0n) is 54.4. The molecule has 0 unspecified atom stereocenters. The molecule has 0 saturated heterocycles. The van der Waals surface area contributed by atoms with Crippen LogP contribution < -0.4 is 0 Å². The standard InChI is InChI=1S/2C21H18N.2C17H10NS.C11H8N.4Ir/c2*1-14-7-6-12-22-20(14)15-10-11-17-16-8-4-5-9-18(16)21(2,3)19(17)13-15;1-2-10-16-12(6-1)13-7-5-8-14(17(13)19-16)15-9-3-4-11-18-15;1-2-7-16-13(5-1)14-11-12(8-9-17(14)19-16)15-6-3-4-10-18-15;1-2-6-10(7-3-1)11-8-4-5-9-12-11;;;;/h2*4-9,11-13H,1-3H3;2*1-7,9-11H;1-6,8-9H;;;;/q5*-1;;;;. The van der Waals surface area contributed by atoms with Crippen LogP contribution in [-0.2, 0) is 91.3 Å². The van der Waals surface area contributed by atoms with Gasteiger partial charge in [0, 0.05) is 121 Å². The van der Waals surface area contributed by atoms with E-state index in [2.05, 4.69) is 248 Å². The minimum Gasteiger partial charge on any atom is -0.305 e. The molecule has 0 bridgehead atoms. The fourth-order valence-electron chi connectivity index (χ4n) is 12.9. The van der Waals surface area contributed by atoms with Crippen LogP contribution in [0.15, 0.2) is 280 Å². The van der Waals surface area contributed by atoms with Crippen LogP contribution in [0.2, 0.25) is 0 Å². The molecule has 98 heavy (non-hydrogen) atoms. The van der Waals surface area contributed by atoms with E-state index in [0.717, 1.165) is 56.3 Å². The number of hydrogen-bond acceptors (Lipinski definition) is 7. The Labute approximate surface area is 636 Å². The number of rotatable bonds is 5. The van der Waals surface area contributed by atoms with Crippen molar-refractivity contribution in [2.45, 2.75) is 52.4 Å². The van der Waals surface area contributed by atoms with Crippen LogP contribution in [0.4, 0.5) is 0 Å². The zero-order valence-corrected chi connectivity index (χ0v) is 65.7. The molecule has 0 amide bonds. The van der Waals surface area contributed by atoms with E-state index in [1.807, 2.05) is 145 Å². The van der Waals surface area contributed by atoms with Crippen LogP contribution in [0.5, 0.6) is 0 Å². The Morgan fingerprint density at radius 1 is 0.306 bits per heavy atom. The average Bonchev–Trinajstić information content (AvgIpc) is 1.61. The Bertz CT molecular complexity index is 5170. The second kappa shape index (κ2) is 32.2. The second-order valence-corrected chi connectivity index (χ2v) is 26.5. The van der Waals surface area contributed by atoms with Crippen molar-refractivity contribution in [1.82, 2.24) is 24.9 Å². The molecule has 0 saturated carbocycles. The monoisotopic (exact) mass is 2010 g/mol. The zero-order chi connectivity index (χ0) is 64.2. The summed E-state index contributed by atoms with van der Waals surface area (Å²) < 4.78 is 5.18. The van der Waals surface area contributed by atoms with Gasteiger partial charge in [0.25, 0.3) is 0 Å². The maximum Gasteiger partial charge on any atom is 0.0239 e. The van der Waals surface area contributed by atoms with Crippen molar-refractivity contribution in [3.63, 3.8) is 0 Å². The maximum atomic E-state index is 4.54. The Balaban J connectivity index is 0.000000133. The minimum atomic E-state index is 0. The topological polar surface area (TPSA) is 64.5 Å². The number of aryl methyl sites for hydroxylation is 2. The fourth-order valence-corrected chi connectivity index (χ4v) is 15.2. The van der Waals surface area contributed by atoms with Crippen LogP contribution in [0.3, 0.4) is 0 Å². The van der Waals surface area contributed by atoms with Gasteiger partial charge >= 0.3 is 0 Å². The van der Waals surface area contributed by atoms with E-state index in [-0.39, 0.29) is 91.3 Å². The third kappa shape index (κ3) is 14.9. The molecule has 0 fully saturated rings. The Kier molecular flexibility index (Phi) is 23.8. The number of pyridine rings is 5. The first-order valence-electron chi connectivity index (χ1n) is 31.5. The molecule has 490 valence electrons. The molecule has 9 aromatic carbocycles. The van der Waals surface area contributed by atoms with Gasteiger partial charge < -0.3 is 24.9 Å². The normalized spacial score (nSPS) is 12.0. The number of nitrogens with zero attached hydrogens (tertiary/aromatic N) is 5. The first kappa shape index (κ1) is 72.5. The van der Waals surface area contributed by atoms with E-state index in [0.29, 0.717) is 0 Å². The summed E-state index contributed by atoms with van der Waals surface area (Å²) >= 11 is 3.63. The molecule has 4 radical (unpaired) electrons. The van der Waals surface area contributed by atoms with E-state index >= 15 is 0 Å². The molecule has 5 nitrogen and oxygen atoms in total. The second-order valence-electron chi connectivity index (χ2n) is 24.4. The minimum absolute atomic E-state index is 0. The van der Waals surface area contributed by atoms with Gasteiger partial charge in [0.15, 0.2) is 0 Å². The van der Waals surface area contributed by atoms with Gasteiger partial charge in [-0.2, -0.15) is 22.7 Å². The molecule has 0 spiro atoms. The van der Waals surface area contributed by atoms with Crippen LogP contribution in [0, 0.1) is 44.2 Å². The molecule has 0 N–H and O–H groups in total. The molecule has 0 atom stereocenters. The van der Waals surface area contributed by atoms with Gasteiger partial charge in [-0.25, -0.2) is 0 Å². The molecular weight excluding hydrogens is 1950 g/mol. The van der Waals surface area contributed by atoms with Crippen molar-refractivity contribution >= 4 is 63.0 Å². The molecule has 7 aromatic heterocycles. The molecule has 7 heterocycles. The van der Waals surface area contributed by atoms with Gasteiger partial charge in [-0.3, -0.25) is 0 Å². The van der Waals surface area contributed by atoms with Crippen molar-refractivity contribution in [3.8, 4) is 78.5 Å². The summed E-state index contributed by atoms with van der Waals surface area (Å²) in [5, 5.41) is 5.21. The Hall–Kier alpha value is -8.23. The number of hydrogen-bond donors (Lipinski definition) is 0. The molecule has 18 rings (SSSR count). The van der Waals surface area contributed by atoms with Crippen molar-refractivity contribution in [3.05, 3.63) is 343 Å². The van der Waals surface area contributed by atoms with Gasteiger partial charge in [-0.1, -0.05) is 205 Å². The van der Waals surface area contributed by atoms with E-state index < -0.39 is 0 Å². The van der Waals surface area contributed by atoms with Crippen LogP contribution >= 0.6 is 22.7 Å². The van der Waals surface area contributed by atoms with Crippen LogP contribution in [0.25, 0.3) is 119 Å². The quantitative estimate of drug-likeness (QED) is 0.161. The van der Waals surface area contributed by atoms with Gasteiger partial charge in [-0.05, 0) is 127 Å². The average molecular weight is 2010 g/mol. The van der Waals surface area contributed by atoms with Gasteiger partial charge in [0.1, 0.15) is 0 Å². The van der Waals surface area contributed by atoms with Gasteiger partial charge in [0.2, 0.25) is 0 Å². The Morgan fingerprint density at radius 3 is 1.29 bits per heavy atom. The third-order valence-corrected chi connectivity index (χ3v) is 20.1. The number of fused-ring (bicyclic) bond motifs is 12. The smallest absolute Gasteiger partial charge is 0.0239 e. The van der Waals surface area contributed by atoms with Crippen molar-refractivity contribution in [2.75, 3.05) is 0 Å². The fraction of sp³-hybridized carbons (Fsp3) is 0.0920. The van der Waals surface area contributed by atoms with Crippen LogP contribution in [-0.4, -0.2) is 24.9 Å². The summed E-state index contributed by atoms with van der Waals surface area (Å²) in [5.74, 6) is 0. The van der Waals surface area contributed by atoms with Gasteiger partial charge in [0.05, 0.1) is 0 Å². The van der Waals surface area contributed by atoms with E-state index in [4.69, 9.17) is 0 Å². The summed E-state index contributed by atoms with van der Waals surface area (Å²) in [6, 6.07) is 102. The van der Waals surface area contributed by atoms with E-state index in [1.54, 1.807) is 6.20 Å². The first-order chi connectivity index (χ1) is 46.0. The summed E-state index contributed by atoms with van der Waals surface area (Å²) in [6.45, 7) is 13.4. The van der Waals surface area contributed by atoms with E-state index in [9.17, 15) is 0 Å². The number of thiophene rings is 2. The predicted molar refractivity (Wildman–Crippen MR) is 393 cm³/mol. The maximum absolute atomic E-state index is 4.54. The van der Waals surface area contributed by atoms with Crippen molar-refractivity contribution in [1.29, 1.82) is 0 Å². The first-order valence-corrected chi connectivity index (χ1v) is 33.1. The molecule has 2 aliphatic carbocycles. The summed E-state index contributed by atoms with van der Waals surface area (Å²) in [6.07, 6.45) is 9.14. The van der Waals surface area contributed by atoms with Crippen molar-refractivity contribution < 1.29 is 80.4 Å². The molecular formula is C87H64Ir4N5S2-5. The molecule has 0 aliphatic heterocycles. The van der Waals surface area contributed by atoms with Crippen LogP contribution in [0.1, 0.15) is 61.1 Å². The largest absolute Gasteiger partial charge is 0.305 e. The molecule has 2 aliphatic rings. The summed E-state index contributed by atoms with van der Waals surface area (Å²) in [5.41, 5.74) is 23.6. The molecule has 11 heteroatoms. The van der Waals surface area contributed by atoms with Crippen molar-refractivity contribution in [2.24, 2.45) is 0 Å². The number of aromatic nitrogens is 5. The Morgan fingerprint density at radius 2 is 0.765 bits per heavy atom. The molecule has 16 aromatic rings. The summed E-state index contributed by atoms with van der Waals surface area (Å²) in [4.78, 5) is 22.1. The van der Waals surface area contributed by atoms with E-state index in [1.165, 1.54) is 96.0 Å². The summed E-state index contributed by atoms with van der Waals surface area (Å²) in [7, 11) is 0. The number of benzene rings is 9. The third-order valence-electron chi connectivity index (χ3n) is 17.7. The SMILES string of the molecule is Cc1cccnc1-c1[c-]cc2c(c1)C(C)(C)c1ccccc1-2.Cc1cccnc1-c1[c-]cc2c(c1)C(C)(C)c1ccccc1-2.[Ir].[Ir].[Ir].[Ir].[c-]1cc2sc3ccccc3c2cc1-c1ccccn1.[c-]1ccc2c(sc3ccccc32)c1-c1ccccn1.[c-]1ccccc1-c1ccccn1. The predicted octanol–water partition coefficient (Wildman–Crippen LogP) is 22.7.